The number of carbonyl (C=O) groups is 3. The van der Waals surface area contributed by atoms with Crippen molar-refractivity contribution in [2.75, 3.05) is 4.90 Å². The summed E-state index contributed by atoms with van der Waals surface area (Å²) in [5, 5.41) is 0.432. The minimum Gasteiger partial charge on any atom is -0.287 e. The van der Waals surface area contributed by atoms with E-state index in [1.54, 1.807) is 42.5 Å². The number of hydrazine groups is 1. The second-order valence-corrected chi connectivity index (χ2v) is 6.76. The Morgan fingerprint density at radius 1 is 1.16 bits per heavy atom. The van der Waals surface area contributed by atoms with E-state index in [4.69, 9.17) is 11.6 Å². The smallest absolute Gasteiger partial charge is 0.265 e. The normalized spacial score (nSPS) is 17.0. The fourth-order valence-corrected chi connectivity index (χ4v) is 2.92. The van der Waals surface area contributed by atoms with Crippen LogP contribution in [0.1, 0.15) is 16.8 Å². The summed E-state index contributed by atoms with van der Waals surface area (Å²) in [6.45, 7) is 0. The zero-order valence-electron chi connectivity index (χ0n) is 12.8. The van der Waals surface area contributed by atoms with Gasteiger partial charge >= 0.3 is 0 Å². The number of nitrogens with zero attached hydrogens (tertiary/aromatic N) is 1. The van der Waals surface area contributed by atoms with Gasteiger partial charge in [-0.3, -0.25) is 19.8 Å². The Balaban J connectivity index is 1.66. The van der Waals surface area contributed by atoms with Crippen LogP contribution in [0.25, 0.3) is 0 Å². The van der Waals surface area contributed by atoms with Crippen LogP contribution in [0.3, 0.4) is 0 Å². The van der Waals surface area contributed by atoms with Gasteiger partial charge in [0.15, 0.2) is 0 Å². The highest BCUT2D eigenvalue weighted by molar-refractivity contribution is 9.10. The predicted molar refractivity (Wildman–Crippen MR) is 97.1 cm³/mol. The van der Waals surface area contributed by atoms with Gasteiger partial charge in [-0.25, -0.2) is 10.3 Å². The Morgan fingerprint density at radius 3 is 2.56 bits per heavy atom. The minimum atomic E-state index is -0.820. The molecule has 1 saturated heterocycles. The number of hydrogen-bond acceptors (Lipinski definition) is 4. The molecule has 2 aromatic rings. The molecule has 25 heavy (non-hydrogen) atoms. The maximum Gasteiger partial charge on any atom is 0.265 e. The van der Waals surface area contributed by atoms with Crippen LogP contribution < -0.4 is 15.8 Å². The molecule has 1 heterocycles. The highest BCUT2D eigenvalue weighted by Gasteiger charge is 2.39. The van der Waals surface area contributed by atoms with Gasteiger partial charge in [-0.2, -0.15) is 0 Å². The summed E-state index contributed by atoms with van der Waals surface area (Å²) in [6, 6.07) is 12.4. The molecule has 0 aromatic heterocycles. The summed E-state index contributed by atoms with van der Waals surface area (Å²) in [5.74, 6) is -1.19. The van der Waals surface area contributed by atoms with Crippen molar-refractivity contribution in [2.24, 2.45) is 0 Å². The van der Waals surface area contributed by atoms with Crippen LogP contribution >= 0.6 is 27.5 Å². The van der Waals surface area contributed by atoms with Crippen molar-refractivity contribution < 1.29 is 14.4 Å². The number of benzene rings is 2. The highest BCUT2D eigenvalue weighted by Crippen LogP contribution is 2.24. The zero-order chi connectivity index (χ0) is 18.0. The SMILES string of the molecule is O=C(NN[C@@H]1CC(=O)N(c2ccc(Br)cc2)C1=O)c1cccc(Cl)c1. The second-order valence-electron chi connectivity index (χ2n) is 5.41. The van der Waals surface area contributed by atoms with Gasteiger partial charge in [0.2, 0.25) is 5.91 Å². The molecule has 2 N–H and O–H groups in total. The summed E-state index contributed by atoms with van der Waals surface area (Å²) in [6.07, 6.45) is -0.0370. The van der Waals surface area contributed by atoms with Crippen molar-refractivity contribution in [3.63, 3.8) is 0 Å². The molecule has 0 spiro atoms. The van der Waals surface area contributed by atoms with E-state index in [2.05, 4.69) is 26.8 Å². The van der Waals surface area contributed by atoms with Crippen LogP contribution in [0.2, 0.25) is 5.02 Å². The molecule has 1 aliphatic heterocycles. The van der Waals surface area contributed by atoms with Gasteiger partial charge in [0, 0.05) is 15.1 Å². The molecule has 128 valence electrons. The van der Waals surface area contributed by atoms with Gasteiger partial charge in [-0.05, 0) is 42.5 Å². The summed E-state index contributed by atoms with van der Waals surface area (Å²) < 4.78 is 0.846. The largest absolute Gasteiger partial charge is 0.287 e. The van der Waals surface area contributed by atoms with Crippen molar-refractivity contribution in [3.8, 4) is 0 Å². The predicted octanol–water partition coefficient (Wildman–Crippen LogP) is 2.67. The Bertz CT molecular complexity index is 841. The number of anilines is 1. The third-order valence-corrected chi connectivity index (χ3v) is 4.44. The molecule has 6 nitrogen and oxygen atoms in total. The molecule has 1 aliphatic rings. The molecule has 0 aliphatic carbocycles. The number of hydrogen-bond donors (Lipinski definition) is 2. The van der Waals surface area contributed by atoms with Crippen molar-refractivity contribution in [2.45, 2.75) is 12.5 Å². The Labute approximate surface area is 157 Å². The summed E-state index contributed by atoms with van der Waals surface area (Å²) in [7, 11) is 0. The van der Waals surface area contributed by atoms with Crippen molar-refractivity contribution >= 4 is 50.9 Å². The van der Waals surface area contributed by atoms with E-state index in [1.807, 2.05) is 0 Å². The summed E-state index contributed by atoms with van der Waals surface area (Å²) in [5.41, 5.74) is 5.91. The minimum absolute atomic E-state index is 0.0370. The molecule has 0 bridgehead atoms. The van der Waals surface area contributed by atoms with Crippen molar-refractivity contribution in [3.05, 3.63) is 63.6 Å². The number of rotatable bonds is 4. The number of nitrogens with one attached hydrogen (secondary N) is 2. The molecule has 2 aromatic carbocycles. The lowest BCUT2D eigenvalue weighted by molar-refractivity contribution is -0.121. The van der Waals surface area contributed by atoms with E-state index in [0.717, 1.165) is 9.37 Å². The van der Waals surface area contributed by atoms with Crippen LogP contribution in [0.15, 0.2) is 53.0 Å². The Morgan fingerprint density at radius 2 is 1.88 bits per heavy atom. The zero-order valence-corrected chi connectivity index (χ0v) is 15.2. The first kappa shape index (κ1) is 17.6. The Hall–Kier alpha value is -2.22. The average Bonchev–Trinajstić information content (AvgIpc) is 2.87. The molecule has 0 unspecified atom stereocenters. The molecule has 3 amide bonds. The standard InChI is InChI=1S/C17H13BrClN3O3/c18-11-4-6-13(7-5-11)22-15(23)9-14(17(22)25)20-21-16(24)10-2-1-3-12(19)8-10/h1-8,14,20H,9H2,(H,21,24)/t14-/m1/s1. The van der Waals surface area contributed by atoms with Gasteiger partial charge in [0.05, 0.1) is 12.1 Å². The lowest BCUT2D eigenvalue weighted by atomic mass is 10.2. The van der Waals surface area contributed by atoms with Crippen LogP contribution in [-0.2, 0) is 9.59 Å². The van der Waals surface area contributed by atoms with Crippen LogP contribution in [0.5, 0.6) is 0 Å². The lowest BCUT2D eigenvalue weighted by Gasteiger charge is -2.16. The highest BCUT2D eigenvalue weighted by atomic mass is 79.9. The molecule has 0 radical (unpaired) electrons. The topological polar surface area (TPSA) is 78.5 Å². The first-order valence-electron chi connectivity index (χ1n) is 7.39. The molecule has 3 rings (SSSR count). The second kappa shape index (κ2) is 7.35. The average molecular weight is 423 g/mol. The van der Waals surface area contributed by atoms with Crippen molar-refractivity contribution in [1.29, 1.82) is 0 Å². The summed E-state index contributed by atoms with van der Waals surface area (Å²) >= 11 is 9.15. The van der Waals surface area contributed by atoms with Crippen LogP contribution in [0.4, 0.5) is 5.69 Å². The fraction of sp³-hybridized carbons (Fsp3) is 0.118. The van der Waals surface area contributed by atoms with Gasteiger partial charge in [0.25, 0.3) is 11.8 Å². The van der Waals surface area contributed by atoms with Gasteiger partial charge in [0.1, 0.15) is 6.04 Å². The lowest BCUT2D eigenvalue weighted by Crippen LogP contribution is -2.48. The van der Waals surface area contributed by atoms with E-state index >= 15 is 0 Å². The van der Waals surface area contributed by atoms with E-state index in [1.165, 1.54) is 6.07 Å². The maximum atomic E-state index is 12.5. The van der Waals surface area contributed by atoms with Gasteiger partial charge < -0.3 is 0 Å². The third kappa shape index (κ3) is 3.89. The summed E-state index contributed by atoms with van der Waals surface area (Å²) in [4.78, 5) is 37.8. The Kier molecular flexibility index (Phi) is 5.17. The molecular formula is C17H13BrClN3O3. The molecule has 0 saturated carbocycles. The van der Waals surface area contributed by atoms with Gasteiger partial charge in [-0.15, -0.1) is 0 Å². The number of amides is 3. The molecule has 1 fully saturated rings. The van der Waals surface area contributed by atoms with E-state index in [-0.39, 0.29) is 12.3 Å². The molecule has 1 atom stereocenters. The third-order valence-electron chi connectivity index (χ3n) is 3.68. The van der Waals surface area contributed by atoms with Crippen LogP contribution in [0, 0.1) is 0 Å². The van der Waals surface area contributed by atoms with Gasteiger partial charge in [-0.1, -0.05) is 33.6 Å². The first-order chi connectivity index (χ1) is 12.0. The van der Waals surface area contributed by atoms with Crippen molar-refractivity contribution in [1.82, 2.24) is 10.9 Å². The fourth-order valence-electron chi connectivity index (χ4n) is 2.46. The van der Waals surface area contributed by atoms with E-state index in [9.17, 15) is 14.4 Å². The maximum absolute atomic E-state index is 12.5. The number of halogens is 2. The first-order valence-corrected chi connectivity index (χ1v) is 8.56. The quantitative estimate of drug-likeness (QED) is 0.586. The number of imide groups is 1. The van der Waals surface area contributed by atoms with Crippen LogP contribution in [-0.4, -0.2) is 23.8 Å². The number of carbonyl (C=O) groups excluding carboxylic acids is 3. The van der Waals surface area contributed by atoms with E-state index in [0.29, 0.717) is 16.3 Å². The van der Waals surface area contributed by atoms with E-state index < -0.39 is 17.9 Å². The monoisotopic (exact) mass is 421 g/mol. The molecule has 8 heteroatoms. The molecular weight excluding hydrogens is 410 g/mol.